The van der Waals surface area contributed by atoms with E-state index >= 15 is 0 Å². The van der Waals surface area contributed by atoms with Crippen molar-refractivity contribution in [3.8, 4) is 0 Å². The van der Waals surface area contributed by atoms with Crippen LogP contribution < -0.4 is 0 Å². The molecule has 1 heterocycles. The van der Waals surface area contributed by atoms with Gasteiger partial charge in [-0.25, -0.2) is 8.42 Å². The van der Waals surface area contributed by atoms with Crippen molar-refractivity contribution in [1.29, 1.82) is 0 Å². The highest BCUT2D eigenvalue weighted by Gasteiger charge is 2.22. The summed E-state index contributed by atoms with van der Waals surface area (Å²) < 4.78 is 26.9. The molecule has 0 aliphatic heterocycles. The summed E-state index contributed by atoms with van der Waals surface area (Å²) in [6, 6.07) is 8.91. The molecular formula is C13H15BrN2O3S. The fourth-order valence-electron chi connectivity index (χ4n) is 1.79. The van der Waals surface area contributed by atoms with Gasteiger partial charge in [0.05, 0.1) is 11.5 Å². The number of aliphatic hydroxyl groups excluding tert-OH is 1. The van der Waals surface area contributed by atoms with Crippen LogP contribution in [0.1, 0.15) is 11.3 Å². The number of benzene rings is 1. The minimum Gasteiger partial charge on any atom is -0.390 e. The molecule has 0 amide bonds. The molecule has 0 saturated heterocycles. The maximum Gasteiger partial charge on any atom is 0.244 e. The number of aromatic nitrogens is 1. The number of sulfonamides is 1. The zero-order valence-corrected chi connectivity index (χ0v) is 13.3. The van der Waals surface area contributed by atoms with E-state index in [9.17, 15) is 8.42 Å². The SMILES string of the molecule is CN(Cc1ccccc1Br)S(=O)(=O)c1c[nH]c(CO)c1. The van der Waals surface area contributed by atoms with E-state index in [4.69, 9.17) is 5.11 Å². The van der Waals surface area contributed by atoms with E-state index in [0.29, 0.717) is 5.69 Å². The Hall–Kier alpha value is -1.15. The minimum absolute atomic E-state index is 0.149. The van der Waals surface area contributed by atoms with E-state index in [0.717, 1.165) is 10.0 Å². The van der Waals surface area contributed by atoms with Gasteiger partial charge in [0.25, 0.3) is 0 Å². The highest BCUT2D eigenvalue weighted by molar-refractivity contribution is 9.10. The molecule has 0 unspecified atom stereocenters. The van der Waals surface area contributed by atoms with Crippen LogP contribution in [-0.4, -0.2) is 29.9 Å². The molecule has 7 heteroatoms. The van der Waals surface area contributed by atoms with Crippen LogP contribution in [0.25, 0.3) is 0 Å². The maximum atomic E-state index is 12.4. The molecule has 0 saturated carbocycles. The van der Waals surface area contributed by atoms with E-state index in [1.165, 1.54) is 23.6 Å². The molecule has 2 aromatic rings. The molecule has 1 aromatic carbocycles. The fourth-order valence-corrected chi connectivity index (χ4v) is 3.37. The van der Waals surface area contributed by atoms with Crippen LogP contribution in [0.3, 0.4) is 0 Å². The molecule has 5 nitrogen and oxygen atoms in total. The Morgan fingerprint density at radius 3 is 2.65 bits per heavy atom. The van der Waals surface area contributed by atoms with Gasteiger partial charge in [-0.3, -0.25) is 0 Å². The Kier molecular flexibility index (Phi) is 4.64. The molecule has 108 valence electrons. The molecule has 0 aliphatic carbocycles. The number of rotatable bonds is 5. The molecule has 0 spiro atoms. The Bertz CT molecular complexity index is 697. The predicted molar refractivity (Wildman–Crippen MR) is 79.5 cm³/mol. The highest BCUT2D eigenvalue weighted by Crippen LogP contribution is 2.21. The van der Waals surface area contributed by atoms with Gasteiger partial charge in [-0.15, -0.1) is 0 Å². The largest absolute Gasteiger partial charge is 0.390 e. The van der Waals surface area contributed by atoms with Crippen molar-refractivity contribution >= 4 is 26.0 Å². The molecule has 0 fully saturated rings. The van der Waals surface area contributed by atoms with Gasteiger partial charge in [0.15, 0.2) is 0 Å². The molecule has 2 rings (SSSR count). The van der Waals surface area contributed by atoms with Crippen molar-refractivity contribution in [2.24, 2.45) is 0 Å². The van der Waals surface area contributed by atoms with Crippen LogP contribution in [0.5, 0.6) is 0 Å². The van der Waals surface area contributed by atoms with Crippen LogP contribution in [0.2, 0.25) is 0 Å². The van der Waals surface area contributed by atoms with Gasteiger partial charge in [-0.05, 0) is 17.7 Å². The van der Waals surface area contributed by atoms with Crippen LogP contribution in [0.15, 0.2) is 45.9 Å². The summed E-state index contributed by atoms with van der Waals surface area (Å²) in [7, 11) is -2.04. The Morgan fingerprint density at radius 2 is 2.05 bits per heavy atom. The molecule has 0 aliphatic rings. The standard InChI is InChI=1S/C13H15BrN2O3S/c1-16(8-10-4-2-3-5-13(10)14)20(18,19)12-6-11(9-17)15-7-12/h2-7,15,17H,8-9H2,1H3. The van der Waals surface area contributed by atoms with Crippen molar-refractivity contribution in [3.63, 3.8) is 0 Å². The third-order valence-electron chi connectivity index (χ3n) is 2.95. The first kappa shape index (κ1) is 15.2. The van der Waals surface area contributed by atoms with Crippen molar-refractivity contribution in [3.05, 3.63) is 52.3 Å². The van der Waals surface area contributed by atoms with Gasteiger partial charge in [0.2, 0.25) is 10.0 Å². The molecule has 2 N–H and O–H groups in total. The summed E-state index contributed by atoms with van der Waals surface area (Å²) in [4.78, 5) is 2.88. The Balaban J connectivity index is 2.23. The zero-order chi connectivity index (χ0) is 14.8. The monoisotopic (exact) mass is 358 g/mol. The van der Waals surface area contributed by atoms with Crippen molar-refractivity contribution < 1.29 is 13.5 Å². The van der Waals surface area contributed by atoms with Crippen LogP contribution >= 0.6 is 15.9 Å². The predicted octanol–water partition coefficient (Wildman–Crippen LogP) is 2.09. The van der Waals surface area contributed by atoms with E-state index < -0.39 is 10.0 Å². The van der Waals surface area contributed by atoms with Crippen LogP contribution in [0, 0.1) is 0 Å². The van der Waals surface area contributed by atoms with Gasteiger partial charge >= 0.3 is 0 Å². The summed E-state index contributed by atoms with van der Waals surface area (Å²) in [6.07, 6.45) is 1.39. The lowest BCUT2D eigenvalue weighted by Gasteiger charge is -2.17. The number of hydrogen-bond donors (Lipinski definition) is 2. The first-order valence-electron chi connectivity index (χ1n) is 5.93. The number of aromatic amines is 1. The number of nitrogens with one attached hydrogen (secondary N) is 1. The van der Waals surface area contributed by atoms with E-state index in [1.54, 1.807) is 0 Å². The first-order chi connectivity index (χ1) is 9.45. The number of halogens is 1. The topological polar surface area (TPSA) is 73.4 Å². The van der Waals surface area contributed by atoms with E-state index in [-0.39, 0.29) is 18.0 Å². The Morgan fingerprint density at radius 1 is 1.35 bits per heavy atom. The van der Waals surface area contributed by atoms with Gasteiger partial charge in [-0.1, -0.05) is 34.1 Å². The summed E-state index contributed by atoms with van der Waals surface area (Å²) in [6.45, 7) is 0.0485. The highest BCUT2D eigenvalue weighted by atomic mass is 79.9. The lowest BCUT2D eigenvalue weighted by Crippen LogP contribution is -2.26. The molecule has 20 heavy (non-hydrogen) atoms. The third-order valence-corrected chi connectivity index (χ3v) is 5.50. The molecule has 0 radical (unpaired) electrons. The second-order valence-electron chi connectivity index (χ2n) is 4.37. The van der Waals surface area contributed by atoms with Crippen molar-refractivity contribution in [2.75, 3.05) is 7.05 Å². The van der Waals surface area contributed by atoms with Gasteiger partial charge in [-0.2, -0.15) is 4.31 Å². The number of aliphatic hydroxyl groups is 1. The average Bonchev–Trinajstić information content (AvgIpc) is 2.90. The summed E-state index contributed by atoms with van der Waals surface area (Å²) >= 11 is 3.40. The van der Waals surface area contributed by atoms with Crippen molar-refractivity contribution in [2.45, 2.75) is 18.0 Å². The normalized spacial score (nSPS) is 12.0. The summed E-state index contributed by atoms with van der Waals surface area (Å²) in [5, 5.41) is 8.98. The number of nitrogens with zero attached hydrogens (tertiary/aromatic N) is 1. The van der Waals surface area contributed by atoms with Crippen LogP contribution in [0.4, 0.5) is 0 Å². The quantitative estimate of drug-likeness (QED) is 0.859. The zero-order valence-electron chi connectivity index (χ0n) is 10.9. The number of H-pyrrole nitrogens is 1. The Labute approximate surface area is 126 Å². The first-order valence-corrected chi connectivity index (χ1v) is 8.16. The smallest absolute Gasteiger partial charge is 0.244 e. The second-order valence-corrected chi connectivity index (χ2v) is 7.27. The minimum atomic E-state index is -3.57. The van der Waals surface area contributed by atoms with Gasteiger partial charge < -0.3 is 10.1 Å². The average molecular weight is 359 g/mol. The van der Waals surface area contributed by atoms with E-state index in [2.05, 4.69) is 20.9 Å². The number of hydrogen-bond acceptors (Lipinski definition) is 3. The summed E-state index contributed by atoms with van der Waals surface area (Å²) in [5.74, 6) is 0. The lowest BCUT2D eigenvalue weighted by atomic mass is 10.2. The molecular weight excluding hydrogens is 344 g/mol. The van der Waals surface area contributed by atoms with Gasteiger partial charge in [0.1, 0.15) is 0 Å². The molecule has 0 bridgehead atoms. The third kappa shape index (κ3) is 3.12. The lowest BCUT2D eigenvalue weighted by molar-refractivity contribution is 0.277. The fraction of sp³-hybridized carbons (Fsp3) is 0.231. The van der Waals surface area contributed by atoms with Crippen molar-refractivity contribution in [1.82, 2.24) is 9.29 Å². The second kappa shape index (κ2) is 6.09. The van der Waals surface area contributed by atoms with E-state index in [1.807, 2.05) is 24.3 Å². The van der Waals surface area contributed by atoms with Gasteiger partial charge in [0, 0.05) is 30.0 Å². The molecule has 1 aromatic heterocycles. The maximum absolute atomic E-state index is 12.4. The summed E-state index contributed by atoms with van der Waals surface area (Å²) in [5.41, 5.74) is 1.36. The molecule has 0 atom stereocenters. The van der Waals surface area contributed by atoms with Crippen LogP contribution in [-0.2, 0) is 23.2 Å².